The lowest BCUT2D eigenvalue weighted by molar-refractivity contribution is -0.129. The van der Waals surface area contributed by atoms with Crippen LogP contribution in [0.15, 0.2) is 0 Å². The zero-order chi connectivity index (χ0) is 10.7. The molecule has 2 atom stereocenters. The lowest BCUT2D eigenvalue weighted by Crippen LogP contribution is -2.48. The Morgan fingerprint density at radius 1 is 1.40 bits per heavy atom. The standard InChI is InChI=1S/C11H21N3O/c1-2-9-7-11(15)14(13-9)8-10-5-3-4-6-12-10/h9-10,12-13H,2-8H2,1H3. The van der Waals surface area contributed by atoms with Crippen molar-refractivity contribution in [2.24, 2.45) is 0 Å². The number of rotatable bonds is 3. The van der Waals surface area contributed by atoms with Crippen molar-refractivity contribution in [2.75, 3.05) is 13.1 Å². The average Bonchev–Trinajstić information content (AvgIpc) is 2.61. The molecule has 4 heteroatoms. The molecule has 2 rings (SSSR count). The van der Waals surface area contributed by atoms with E-state index in [1.165, 1.54) is 19.3 Å². The molecule has 2 unspecified atom stereocenters. The maximum Gasteiger partial charge on any atom is 0.238 e. The van der Waals surface area contributed by atoms with Gasteiger partial charge in [-0.2, -0.15) is 0 Å². The Labute approximate surface area is 91.4 Å². The highest BCUT2D eigenvalue weighted by Gasteiger charge is 2.29. The van der Waals surface area contributed by atoms with Crippen molar-refractivity contribution in [3.8, 4) is 0 Å². The summed E-state index contributed by atoms with van der Waals surface area (Å²) in [4.78, 5) is 11.7. The first-order valence-electron chi connectivity index (χ1n) is 6.09. The average molecular weight is 211 g/mol. The molecule has 0 radical (unpaired) electrons. The Hall–Kier alpha value is -0.610. The summed E-state index contributed by atoms with van der Waals surface area (Å²) < 4.78 is 0. The van der Waals surface area contributed by atoms with Gasteiger partial charge < -0.3 is 5.32 Å². The first kappa shape index (κ1) is 10.9. The fourth-order valence-electron chi connectivity index (χ4n) is 2.35. The number of piperidine rings is 1. The van der Waals surface area contributed by atoms with E-state index in [0.717, 1.165) is 19.5 Å². The Morgan fingerprint density at radius 2 is 2.27 bits per heavy atom. The Kier molecular flexibility index (Phi) is 3.59. The molecule has 86 valence electrons. The quantitative estimate of drug-likeness (QED) is 0.720. The van der Waals surface area contributed by atoms with Gasteiger partial charge in [-0.1, -0.05) is 13.3 Å². The molecule has 1 amide bonds. The molecule has 0 spiro atoms. The molecule has 0 aliphatic carbocycles. The van der Waals surface area contributed by atoms with Gasteiger partial charge in [0.2, 0.25) is 5.91 Å². The first-order valence-corrected chi connectivity index (χ1v) is 6.09. The van der Waals surface area contributed by atoms with E-state index in [1.54, 1.807) is 0 Å². The van der Waals surface area contributed by atoms with E-state index in [0.29, 0.717) is 18.5 Å². The highest BCUT2D eigenvalue weighted by molar-refractivity contribution is 5.78. The van der Waals surface area contributed by atoms with E-state index < -0.39 is 0 Å². The van der Waals surface area contributed by atoms with E-state index in [-0.39, 0.29) is 5.91 Å². The number of hydrogen-bond acceptors (Lipinski definition) is 3. The van der Waals surface area contributed by atoms with Crippen molar-refractivity contribution >= 4 is 5.91 Å². The third-order valence-corrected chi connectivity index (χ3v) is 3.37. The number of carbonyl (C=O) groups excluding carboxylic acids is 1. The van der Waals surface area contributed by atoms with Crippen molar-refractivity contribution in [2.45, 2.75) is 51.1 Å². The Bertz CT molecular complexity index is 226. The van der Waals surface area contributed by atoms with Gasteiger partial charge in [-0.25, -0.2) is 5.43 Å². The van der Waals surface area contributed by atoms with Gasteiger partial charge in [0, 0.05) is 18.5 Å². The van der Waals surface area contributed by atoms with Gasteiger partial charge >= 0.3 is 0 Å². The summed E-state index contributed by atoms with van der Waals surface area (Å²) in [6, 6.07) is 0.854. The predicted octanol–water partition coefficient (Wildman–Crippen LogP) is 0.644. The number of nitrogens with zero attached hydrogens (tertiary/aromatic N) is 1. The summed E-state index contributed by atoms with van der Waals surface area (Å²) >= 11 is 0. The number of carbonyl (C=O) groups is 1. The predicted molar refractivity (Wildman–Crippen MR) is 59.2 cm³/mol. The van der Waals surface area contributed by atoms with Crippen LogP contribution in [-0.2, 0) is 4.79 Å². The lowest BCUT2D eigenvalue weighted by Gasteiger charge is -2.28. The minimum Gasteiger partial charge on any atom is -0.312 e. The zero-order valence-electron chi connectivity index (χ0n) is 9.46. The monoisotopic (exact) mass is 211 g/mol. The number of hydrazine groups is 1. The lowest BCUT2D eigenvalue weighted by atomic mass is 10.1. The van der Waals surface area contributed by atoms with Crippen molar-refractivity contribution in [3.63, 3.8) is 0 Å². The topological polar surface area (TPSA) is 44.4 Å². The minimum atomic E-state index is 0.259. The van der Waals surface area contributed by atoms with Crippen molar-refractivity contribution in [3.05, 3.63) is 0 Å². The van der Waals surface area contributed by atoms with Crippen molar-refractivity contribution in [1.29, 1.82) is 0 Å². The molecule has 2 heterocycles. The highest BCUT2D eigenvalue weighted by atomic mass is 16.2. The fraction of sp³-hybridized carbons (Fsp3) is 0.909. The SMILES string of the molecule is CCC1CC(=O)N(CC2CCCCN2)N1. The van der Waals surface area contributed by atoms with Crippen molar-refractivity contribution in [1.82, 2.24) is 15.8 Å². The minimum absolute atomic E-state index is 0.259. The summed E-state index contributed by atoms with van der Waals surface area (Å²) in [7, 11) is 0. The summed E-state index contributed by atoms with van der Waals surface area (Å²) in [6.45, 7) is 4.05. The van der Waals surface area contributed by atoms with Crippen LogP contribution >= 0.6 is 0 Å². The number of hydrogen-bond donors (Lipinski definition) is 2. The molecule has 2 N–H and O–H groups in total. The van der Waals surface area contributed by atoms with Crippen LogP contribution in [0, 0.1) is 0 Å². The molecule has 0 aromatic carbocycles. The van der Waals surface area contributed by atoms with Crippen LogP contribution in [0.5, 0.6) is 0 Å². The molecule has 2 fully saturated rings. The van der Waals surface area contributed by atoms with E-state index in [2.05, 4.69) is 17.7 Å². The van der Waals surface area contributed by atoms with Gasteiger partial charge in [-0.3, -0.25) is 9.80 Å². The van der Waals surface area contributed by atoms with Crippen LogP contribution in [-0.4, -0.2) is 36.1 Å². The third kappa shape index (κ3) is 2.69. The maximum absolute atomic E-state index is 11.7. The van der Waals surface area contributed by atoms with Gasteiger partial charge in [0.25, 0.3) is 0 Å². The van der Waals surface area contributed by atoms with Crippen LogP contribution in [0.1, 0.15) is 39.0 Å². The summed E-state index contributed by atoms with van der Waals surface area (Å²) in [5.74, 6) is 0.259. The second kappa shape index (κ2) is 4.94. The Morgan fingerprint density at radius 3 is 2.87 bits per heavy atom. The first-order chi connectivity index (χ1) is 7.29. The third-order valence-electron chi connectivity index (χ3n) is 3.37. The number of amides is 1. The molecule has 2 saturated heterocycles. The van der Waals surface area contributed by atoms with Crippen LogP contribution in [0.25, 0.3) is 0 Å². The van der Waals surface area contributed by atoms with Gasteiger partial charge in [0.05, 0.1) is 6.54 Å². The second-order valence-electron chi connectivity index (χ2n) is 4.59. The summed E-state index contributed by atoms with van der Waals surface area (Å²) in [6.07, 6.45) is 5.46. The van der Waals surface area contributed by atoms with Crippen LogP contribution in [0.4, 0.5) is 0 Å². The molecular formula is C11H21N3O. The molecule has 0 aromatic heterocycles. The Balaban J connectivity index is 1.81. The van der Waals surface area contributed by atoms with Crippen LogP contribution < -0.4 is 10.7 Å². The smallest absolute Gasteiger partial charge is 0.238 e. The molecule has 2 aliphatic heterocycles. The molecule has 15 heavy (non-hydrogen) atoms. The molecular weight excluding hydrogens is 190 g/mol. The van der Waals surface area contributed by atoms with Crippen LogP contribution in [0.3, 0.4) is 0 Å². The summed E-state index contributed by atoms with van der Waals surface area (Å²) in [5, 5.41) is 5.28. The molecule has 0 saturated carbocycles. The second-order valence-corrected chi connectivity index (χ2v) is 4.59. The molecule has 0 bridgehead atoms. The number of nitrogens with one attached hydrogen (secondary N) is 2. The largest absolute Gasteiger partial charge is 0.312 e. The molecule has 4 nitrogen and oxygen atoms in total. The fourth-order valence-corrected chi connectivity index (χ4v) is 2.35. The van der Waals surface area contributed by atoms with E-state index in [4.69, 9.17) is 0 Å². The van der Waals surface area contributed by atoms with Gasteiger partial charge in [-0.05, 0) is 25.8 Å². The van der Waals surface area contributed by atoms with E-state index >= 15 is 0 Å². The normalized spacial score (nSPS) is 32.3. The zero-order valence-corrected chi connectivity index (χ0v) is 9.46. The van der Waals surface area contributed by atoms with Gasteiger partial charge in [-0.15, -0.1) is 0 Å². The van der Waals surface area contributed by atoms with Gasteiger partial charge in [0.1, 0.15) is 0 Å². The summed E-state index contributed by atoms with van der Waals surface area (Å²) in [5.41, 5.74) is 3.28. The highest BCUT2D eigenvalue weighted by Crippen LogP contribution is 2.13. The van der Waals surface area contributed by atoms with E-state index in [9.17, 15) is 4.79 Å². The van der Waals surface area contributed by atoms with Crippen molar-refractivity contribution < 1.29 is 4.79 Å². The van der Waals surface area contributed by atoms with E-state index in [1.807, 2.05) is 5.01 Å². The molecule has 0 aromatic rings. The maximum atomic E-state index is 11.7. The molecule has 2 aliphatic rings. The van der Waals surface area contributed by atoms with Crippen LogP contribution in [0.2, 0.25) is 0 Å². The van der Waals surface area contributed by atoms with Gasteiger partial charge in [0.15, 0.2) is 0 Å².